The number of nitrogens with one attached hydrogen (secondary N) is 2. The number of alkyl halides is 3. The molecular weight excluding hydrogens is 547 g/mol. The zero-order chi connectivity index (χ0) is 31.1. The van der Waals surface area contributed by atoms with Crippen LogP contribution in [0.4, 0.5) is 23.7 Å². The van der Waals surface area contributed by atoms with Gasteiger partial charge in [0.05, 0.1) is 12.1 Å². The summed E-state index contributed by atoms with van der Waals surface area (Å²) in [7, 11) is 0. The van der Waals surface area contributed by atoms with Crippen LogP contribution in [0.1, 0.15) is 52.6 Å². The summed E-state index contributed by atoms with van der Waals surface area (Å²) in [4.78, 5) is 28.7. The van der Waals surface area contributed by atoms with Crippen molar-refractivity contribution in [3.63, 3.8) is 0 Å². The van der Waals surface area contributed by atoms with Gasteiger partial charge >= 0.3 is 12.3 Å². The van der Waals surface area contributed by atoms with Gasteiger partial charge < -0.3 is 19.9 Å². The van der Waals surface area contributed by atoms with E-state index in [1.807, 2.05) is 58.9 Å². The number of benzene rings is 2. The van der Waals surface area contributed by atoms with Gasteiger partial charge in [-0.15, -0.1) is 0 Å². The van der Waals surface area contributed by atoms with E-state index < -0.39 is 29.8 Å². The lowest BCUT2D eigenvalue weighted by Gasteiger charge is -2.36. The van der Waals surface area contributed by atoms with E-state index in [4.69, 9.17) is 10.00 Å². The maximum absolute atomic E-state index is 14.1. The van der Waals surface area contributed by atoms with Gasteiger partial charge in [0.2, 0.25) is 5.91 Å². The molecule has 0 spiro atoms. The first-order valence-electron chi connectivity index (χ1n) is 14.1. The van der Waals surface area contributed by atoms with Gasteiger partial charge in [0.25, 0.3) is 0 Å². The lowest BCUT2D eigenvalue weighted by atomic mass is 9.97. The number of hydrogen-bond acceptors (Lipinski definition) is 6. The molecule has 1 aliphatic heterocycles. The molecule has 2 aromatic carbocycles. The number of amides is 2. The van der Waals surface area contributed by atoms with Crippen LogP contribution < -0.4 is 15.5 Å². The van der Waals surface area contributed by atoms with Gasteiger partial charge in [-0.2, -0.15) is 18.4 Å². The van der Waals surface area contributed by atoms with Gasteiger partial charge in [-0.25, -0.2) is 4.79 Å². The van der Waals surface area contributed by atoms with Crippen LogP contribution >= 0.6 is 0 Å². The van der Waals surface area contributed by atoms with E-state index in [-0.39, 0.29) is 30.5 Å². The Morgan fingerprint density at radius 2 is 1.50 bits per heavy atom. The number of nitriles is 1. The molecule has 1 aliphatic rings. The molecule has 2 atom stereocenters. The lowest BCUT2D eigenvalue weighted by Crippen LogP contribution is -2.50. The third kappa shape index (κ3) is 9.38. The summed E-state index contributed by atoms with van der Waals surface area (Å²) in [5.74, 6) is -0.675. The summed E-state index contributed by atoms with van der Waals surface area (Å²) in [5, 5.41) is 13.6. The quantitative estimate of drug-likeness (QED) is 0.368. The summed E-state index contributed by atoms with van der Waals surface area (Å²) in [5.41, 5.74) is 2.05. The maximum Gasteiger partial charge on any atom is 0.410 e. The molecule has 1 fully saturated rings. The molecule has 0 saturated carbocycles. The fourth-order valence-corrected chi connectivity index (χ4v) is 4.76. The second kappa shape index (κ2) is 13.9. The Labute approximate surface area is 245 Å². The molecule has 2 amide bonds. The minimum absolute atomic E-state index is 0.00688. The molecule has 0 bridgehead atoms. The number of anilines is 1. The Bertz CT molecular complexity index is 1230. The van der Waals surface area contributed by atoms with E-state index in [0.29, 0.717) is 26.2 Å². The van der Waals surface area contributed by atoms with Crippen molar-refractivity contribution in [2.24, 2.45) is 5.92 Å². The van der Waals surface area contributed by atoms with Crippen LogP contribution in [0.15, 0.2) is 48.5 Å². The molecule has 228 valence electrons. The second-order valence-electron chi connectivity index (χ2n) is 11.8. The van der Waals surface area contributed by atoms with Crippen molar-refractivity contribution in [3.8, 4) is 17.2 Å². The molecule has 1 unspecified atom stereocenters. The average molecular weight is 588 g/mol. The van der Waals surface area contributed by atoms with Gasteiger partial charge in [0.15, 0.2) is 0 Å². The van der Waals surface area contributed by atoms with Crippen molar-refractivity contribution in [1.82, 2.24) is 15.5 Å². The molecule has 1 heterocycles. The first kappa shape index (κ1) is 32.7. The van der Waals surface area contributed by atoms with Crippen LogP contribution in [0.25, 0.3) is 11.1 Å². The van der Waals surface area contributed by atoms with Gasteiger partial charge in [0.1, 0.15) is 18.2 Å². The van der Waals surface area contributed by atoms with Crippen molar-refractivity contribution < 1.29 is 27.5 Å². The second-order valence-corrected chi connectivity index (χ2v) is 11.8. The number of piperazine rings is 1. The summed E-state index contributed by atoms with van der Waals surface area (Å²) in [6, 6.07) is 12.5. The standard InChI is InChI=1S/C31H40F3N5O3/c1-21(2)20-26(28(40)36-15-14-35)37-27(31(32,33)34)24-8-6-22(7-9-24)23-10-12-25(13-11-23)38-16-18-39(19-17-38)29(41)42-30(3,4)5/h6-13,21,26-27,37H,15-20H2,1-5H3,(H,36,40)/t26-,27?/m0/s1. The first-order chi connectivity index (χ1) is 19.7. The van der Waals surface area contributed by atoms with Crippen molar-refractivity contribution in [3.05, 3.63) is 54.1 Å². The third-order valence-electron chi connectivity index (χ3n) is 6.80. The van der Waals surface area contributed by atoms with Gasteiger partial charge in [-0.3, -0.25) is 10.1 Å². The molecule has 3 rings (SSSR count). The Hall–Kier alpha value is -3.78. The van der Waals surface area contributed by atoms with Gasteiger partial charge in [-0.05, 0) is 61.9 Å². The van der Waals surface area contributed by atoms with Gasteiger partial charge in [-0.1, -0.05) is 50.2 Å². The van der Waals surface area contributed by atoms with Crippen LogP contribution in [0.3, 0.4) is 0 Å². The third-order valence-corrected chi connectivity index (χ3v) is 6.80. The van der Waals surface area contributed by atoms with Crippen molar-refractivity contribution >= 4 is 17.7 Å². The average Bonchev–Trinajstić information content (AvgIpc) is 2.92. The Morgan fingerprint density at radius 1 is 0.952 bits per heavy atom. The summed E-state index contributed by atoms with van der Waals surface area (Å²) in [6.45, 7) is 11.3. The van der Waals surface area contributed by atoms with Crippen LogP contribution in [0.2, 0.25) is 0 Å². The van der Waals surface area contributed by atoms with Crippen molar-refractivity contribution in [2.45, 2.75) is 64.9 Å². The van der Waals surface area contributed by atoms with E-state index in [9.17, 15) is 22.8 Å². The number of ether oxygens (including phenoxy) is 1. The Balaban J connectivity index is 1.69. The molecule has 0 radical (unpaired) electrons. The van der Waals surface area contributed by atoms with Crippen LogP contribution in [-0.4, -0.2) is 67.4 Å². The van der Waals surface area contributed by atoms with Crippen LogP contribution in [-0.2, 0) is 9.53 Å². The number of rotatable bonds is 9. The molecule has 8 nitrogen and oxygen atoms in total. The van der Waals surface area contributed by atoms with E-state index in [1.165, 1.54) is 12.1 Å². The predicted molar refractivity (Wildman–Crippen MR) is 156 cm³/mol. The number of hydrogen-bond donors (Lipinski definition) is 2. The van der Waals surface area contributed by atoms with E-state index in [2.05, 4.69) is 15.5 Å². The number of carbonyl (C=O) groups is 2. The van der Waals surface area contributed by atoms with Crippen molar-refractivity contribution in [1.29, 1.82) is 5.26 Å². The smallest absolute Gasteiger partial charge is 0.410 e. The first-order valence-corrected chi connectivity index (χ1v) is 14.1. The maximum atomic E-state index is 14.1. The summed E-state index contributed by atoms with van der Waals surface area (Å²) < 4.78 is 47.8. The van der Waals surface area contributed by atoms with E-state index in [1.54, 1.807) is 23.1 Å². The Kier molecular flexibility index (Phi) is 10.9. The minimum Gasteiger partial charge on any atom is -0.444 e. The predicted octanol–water partition coefficient (Wildman–Crippen LogP) is 5.66. The molecule has 0 aromatic heterocycles. The topological polar surface area (TPSA) is 97.7 Å². The normalized spacial score (nSPS) is 15.6. The summed E-state index contributed by atoms with van der Waals surface area (Å²) in [6.07, 6.45) is -4.77. The van der Waals surface area contributed by atoms with Crippen LogP contribution in [0, 0.1) is 17.2 Å². The Morgan fingerprint density at radius 3 is 1.98 bits per heavy atom. The highest BCUT2D eigenvalue weighted by molar-refractivity contribution is 5.82. The molecule has 11 heteroatoms. The largest absolute Gasteiger partial charge is 0.444 e. The monoisotopic (exact) mass is 587 g/mol. The van der Waals surface area contributed by atoms with Crippen molar-refractivity contribution in [2.75, 3.05) is 37.6 Å². The SMILES string of the molecule is CC(C)C[C@H](NC(c1ccc(-c2ccc(N3CCN(C(=O)OC(C)(C)C)CC3)cc2)cc1)C(F)(F)F)C(=O)NCC#N. The molecule has 0 aliphatic carbocycles. The minimum atomic E-state index is -4.64. The lowest BCUT2D eigenvalue weighted by molar-refractivity contribution is -0.161. The van der Waals surface area contributed by atoms with Crippen LogP contribution in [0.5, 0.6) is 0 Å². The molecule has 42 heavy (non-hydrogen) atoms. The van der Waals surface area contributed by atoms with Gasteiger partial charge in [0, 0.05) is 31.9 Å². The van der Waals surface area contributed by atoms with E-state index >= 15 is 0 Å². The number of halogens is 3. The molecular formula is C31H40F3N5O3. The highest BCUT2D eigenvalue weighted by Gasteiger charge is 2.43. The fraction of sp³-hybridized carbons (Fsp3) is 0.516. The molecule has 2 N–H and O–H groups in total. The molecule has 2 aromatic rings. The zero-order valence-electron chi connectivity index (χ0n) is 24.8. The highest BCUT2D eigenvalue weighted by Crippen LogP contribution is 2.35. The summed E-state index contributed by atoms with van der Waals surface area (Å²) >= 11 is 0. The number of carbonyl (C=O) groups excluding carboxylic acids is 2. The highest BCUT2D eigenvalue weighted by atomic mass is 19.4. The molecule has 1 saturated heterocycles. The zero-order valence-corrected chi connectivity index (χ0v) is 24.8. The fourth-order valence-electron chi connectivity index (χ4n) is 4.76. The number of nitrogens with zero attached hydrogens (tertiary/aromatic N) is 3. The van der Waals surface area contributed by atoms with E-state index in [0.717, 1.165) is 16.8 Å².